The Balaban J connectivity index is 2.39. The first kappa shape index (κ1) is 21.3. The number of rotatable bonds is 11. The zero-order chi connectivity index (χ0) is 17.9. The lowest BCUT2D eigenvalue weighted by Crippen LogP contribution is -2.64. The van der Waals surface area contributed by atoms with Gasteiger partial charge in [-0.3, -0.25) is 4.79 Å². The zero-order valence-electron chi connectivity index (χ0n) is 14.3. The standard InChI is InChI=1S/C16H31NO7/c1-11(20)17-13-15(22)14(21)12(10-19)24-16(13)23-9-7-5-3-2-4-6-8-18/h12-16,18-19,21-22H,2-10H2,1H3,(H,17,20). The molecule has 1 heterocycles. The van der Waals surface area contributed by atoms with Crippen molar-refractivity contribution in [2.45, 2.75) is 76.1 Å². The molecule has 1 rings (SSSR count). The summed E-state index contributed by atoms with van der Waals surface area (Å²) in [7, 11) is 0. The van der Waals surface area contributed by atoms with Crippen LogP contribution in [0.4, 0.5) is 0 Å². The van der Waals surface area contributed by atoms with Gasteiger partial charge in [0.15, 0.2) is 6.29 Å². The van der Waals surface area contributed by atoms with E-state index in [1.165, 1.54) is 6.92 Å². The summed E-state index contributed by atoms with van der Waals surface area (Å²) < 4.78 is 11.1. The molecule has 0 aromatic heterocycles. The Morgan fingerprint density at radius 1 is 1.04 bits per heavy atom. The van der Waals surface area contributed by atoms with E-state index < -0.39 is 37.3 Å². The van der Waals surface area contributed by atoms with Gasteiger partial charge in [-0.25, -0.2) is 0 Å². The number of amides is 1. The Hall–Kier alpha value is -0.770. The Morgan fingerprint density at radius 3 is 2.25 bits per heavy atom. The first-order chi connectivity index (χ1) is 11.5. The van der Waals surface area contributed by atoms with Crippen molar-refractivity contribution < 1.29 is 34.7 Å². The molecule has 1 fully saturated rings. The van der Waals surface area contributed by atoms with Crippen LogP contribution in [0, 0.1) is 0 Å². The molecule has 142 valence electrons. The van der Waals surface area contributed by atoms with Gasteiger partial charge in [-0.1, -0.05) is 25.7 Å². The molecule has 0 aliphatic carbocycles. The van der Waals surface area contributed by atoms with Crippen LogP contribution in [0.25, 0.3) is 0 Å². The minimum Gasteiger partial charge on any atom is -0.396 e. The fraction of sp³-hybridized carbons (Fsp3) is 0.938. The summed E-state index contributed by atoms with van der Waals surface area (Å²) >= 11 is 0. The maximum atomic E-state index is 11.3. The van der Waals surface area contributed by atoms with Gasteiger partial charge in [-0.2, -0.15) is 0 Å². The fourth-order valence-electron chi connectivity index (χ4n) is 2.73. The normalized spacial score (nSPS) is 30.3. The van der Waals surface area contributed by atoms with Crippen molar-refractivity contribution in [2.75, 3.05) is 19.8 Å². The van der Waals surface area contributed by atoms with Crippen LogP contribution in [0.3, 0.4) is 0 Å². The quantitative estimate of drug-likeness (QED) is 0.311. The molecule has 5 unspecified atom stereocenters. The molecule has 1 aliphatic rings. The van der Waals surface area contributed by atoms with Gasteiger partial charge in [0.05, 0.1) is 6.61 Å². The van der Waals surface area contributed by atoms with Gasteiger partial charge in [0, 0.05) is 20.1 Å². The smallest absolute Gasteiger partial charge is 0.217 e. The second-order valence-electron chi connectivity index (χ2n) is 6.15. The van der Waals surface area contributed by atoms with Crippen molar-refractivity contribution in [1.29, 1.82) is 0 Å². The maximum Gasteiger partial charge on any atom is 0.217 e. The largest absolute Gasteiger partial charge is 0.396 e. The second-order valence-corrected chi connectivity index (χ2v) is 6.15. The van der Waals surface area contributed by atoms with Crippen molar-refractivity contribution in [2.24, 2.45) is 0 Å². The predicted octanol–water partition coefficient (Wildman–Crippen LogP) is -0.720. The molecule has 0 aromatic rings. The number of carbonyl (C=O) groups excluding carboxylic acids is 1. The van der Waals surface area contributed by atoms with E-state index in [2.05, 4.69) is 5.32 Å². The zero-order valence-corrected chi connectivity index (χ0v) is 14.3. The molecule has 24 heavy (non-hydrogen) atoms. The van der Waals surface area contributed by atoms with Gasteiger partial charge in [0.2, 0.25) is 5.91 Å². The Labute approximate surface area is 142 Å². The van der Waals surface area contributed by atoms with Gasteiger partial charge in [0.1, 0.15) is 24.4 Å². The lowest BCUT2D eigenvalue weighted by atomic mass is 9.97. The van der Waals surface area contributed by atoms with E-state index >= 15 is 0 Å². The molecule has 1 aliphatic heterocycles. The van der Waals surface area contributed by atoms with E-state index in [9.17, 15) is 20.1 Å². The summed E-state index contributed by atoms with van der Waals surface area (Å²) in [5.41, 5.74) is 0. The minimum atomic E-state index is -1.29. The number of aliphatic hydroxyl groups excluding tert-OH is 4. The number of hydrogen-bond donors (Lipinski definition) is 5. The second kappa shape index (κ2) is 11.7. The number of hydrogen-bond acceptors (Lipinski definition) is 7. The molecule has 5 atom stereocenters. The van der Waals surface area contributed by atoms with Crippen LogP contribution in [0.5, 0.6) is 0 Å². The van der Waals surface area contributed by atoms with Crippen LogP contribution in [0.2, 0.25) is 0 Å². The third kappa shape index (κ3) is 7.00. The highest BCUT2D eigenvalue weighted by Gasteiger charge is 2.45. The Morgan fingerprint density at radius 2 is 1.67 bits per heavy atom. The molecule has 1 saturated heterocycles. The summed E-state index contributed by atoms with van der Waals surface area (Å²) in [5, 5.41) is 40.5. The number of unbranched alkanes of at least 4 members (excludes halogenated alkanes) is 5. The third-order valence-electron chi connectivity index (χ3n) is 4.09. The number of carbonyl (C=O) groups is 1. The van der Waals surface area contributed by atoms with Crippen LogP contribution < -0.4 is 5.32 Å². The van der Waals surface area contributed by atoms with Crippen molar-refractivity contribution in [1.82, 2.24) is 5.32 Å². The van der Waals surface area contributed by atoms with E-state index in [0.717, 1.165) is 38.5 Å². The molecule has 0 bridgehead atoms. The molecular formula is C16H31NO7. The molecule has 8 nitrogen and oxygen atoms in total. The molecule has 0 radical (unpaired) electrons. The molecule has 5 N–H and O–H groups in total. The summed E-state index contributed by atoms with van der Waals surface area (Å²) in [4.78, 5) is 11.3. The van der Waals surface area contributed by atoms with Gasteiger partial charge >= 0.3 is 0 Å². The SMILES string of the molecule is CC(=O)NC1C(OCCCCCCCCO)OC(CO)C(O)C1O. The van der Waals surface area contributed by atoms with E-state index in [1.807, 2.05) is 0 Å². The topological polar surface area (TPSA) is 128 Å². The van der Waals surface area contributed by atoms with Crippen LogP contribution >= 0.6 is 0 Å². The minimum absolute atomic E-state index is 0.229. The number of ether oxygens (including phenoxy) is 2. The summed E-state index contributed by atoms with van der Waals surface area (Å²) in [6.07, 6.45) is 1.28. The van der Waals surface area contributed by atoms with Crippen molar-refractivity contribution >= 4 is 5.91 Å². The lowest BCUT2D eigenvalue weighted by Gasteiger charge is -2.42. The molecule has 0 aromatic carbocycles. The van der Waals surface area contributed by atoms with Crippen LogP contribution in [0.15, 0.2) is 0 Å². The fourth-order valence-corrected chi connectivity index (χ4v) is 2.73. The van der Waals surface area contributed by atoms with E-state index in [-0.39, 0.29) is 12.5 Å². The summed E-state index contributed by atoms with van der Waals surface area (Å²) in [5.74, 6) is -0.366. The van der Waals surface area contributed by atoms with Gasteiger partial charge < -0.3 is 35.2 Å². The monoisotopic (exact) mass is 349 g/mol. The average molecular weight is 349 g/mol. The number of aliphatic hydroxyl groups is 4. The molecule has 8 heteroatoms. The molecule has 0 saturated carbocycles. The van der Waals surface area contributed by atoms with Crippen molar-refractivity contribution in [3.05, 3.63) is 0 Å². The molecule has 1 amide bonds. The van der Waals surface area contributed by atoms with Gasteiger partial charge in [0.25, 0.3) is 0 Å². The molecular weight excluding hydrogens is 318 g/mol. The third-order valence-corrected chi connectivity index (χ3v) is 4.09. The van der Waals surface area contributed by atoms with E-state index in [0.29, 0.717) is 6.61 Å². The van der Waals surface area contributed by atoms with E-state index in [4.69, 9.17) is 14.6 Å². The van der Waals surface area contributed by atoms with Crippen LogP contribution in [-0.4, -0.2) is 76.8 Å². The first-order valence-corrected chi connectivity index (χ1v) is 8.63. The Kier molecular flexibility index (Phi) is 10.4. The van der Waals surface area contributed by atoms with E-state index in [1.54, 1.807) is 0 Å². The number of nitrogens with one attached hydrogen (secondary N) is 1. The maximum absolute atomic E-state index is 11.3. The van der Waals surface area contributed by atoms with Gasteiger partial charge in [-0.05, 0) is 12.8 Å². The van der Waals surface area contributed by atoms with Gasteiger partial charge in [-0.15, -0.1) is 0 Å². The average Bonchev–Trinajstić information content (AvgIpc) is 2.55. The lowest BCUT2D eigenvalue weighted by molar-refractivity contribution is -0.270. The highest BCUT2D eigenvalue weighted by Crippen LogP contribution is 2.22. The highest BCUT2D eigenvalue weighted by molar-refractivity contribution is 5.73. The van der Waals surface area contributed by atoms with Crippen LogP contribution in [-0.2, 0) is 14.3 Å². The highest BCUT2D eigenvalue weighted by atomic mass is 16.7. The Bertz CT molecular complexity index is 355. The van der Waals surface area contributed by atoms with Crippen LogP contribution in [0.1, 0.15) is 45.4 Å². The predicted molar refractivity (Wildman–Crippen MR) is 86.1 cm³/mol. The first-order valence-electron chi connectivity index (χ1n) is 8.63. The van der Waals surface area contributed by atoms with Crippen molar-refractivity contribution in [3.63, 3.8) is 0 Å². The summed E-state index contributed by atoms with van der Waals surface area (Å²) in [6, 6.07) is -0.884. The molecule has 0 spiro atoms. The summed E-state index contributed by atoms with van der Waals surface area (Å²) in [6.45, 7) is 1.48. The van der Waals surface area contributed by atoms with Crippen molar-refractivity contribution in [3.8, 4) is 0 Å².